The van der Waals surface area contributed by atoms with Crippen LogP contribution in [0.3, 0.4) is 0 Å². The molecule has 1 unspecified atom stereocenters. The predicted octanol–water partition coefficient (Wildman–Crippen LogP) is 4.76. The number of imidazole rings is 1. The Hall–Kier alpha value is -2.08. The quantitative estimate of drug-likeness (QED) is 0.569. The lowest BCUT2D eigenvalue weighted by Gasteiger charge is -2.46. The van der Waals surface area contributed by atoms with Crippen LogP contribution in [0.2, 0.25) is 0 Å². The zero-order valence-electron chi connectivity index (χ0n) is 17.3. The molecule has 1 spiro atoms. The van der Waals surface area contributed by atoms with Gasteiger partial charge >= 0.3 is 0 Å². The Balaban J connectivity index is 0.00000116. The van der Waals surface area contributed by atoms with Crippen molar-refractivity contribution in [1.82, 2.24) is 14.9 Å². The van der Waals surface area contributed by atoms with E-state index in [1.807, 2.05) is 12.1 Å². The van der Waals surface area contributed by atoms with Crippen molar-refractivity contribution in [1.29, 1.82) is 0 Å². The number of ketones is 1. The molecule has 3 heterocycles. The highest BCUT2D eigenvalue weighted by molar-refractivity contribution is 6.03. The fourth-order valence-electron chi connectivity index (χ4n) is 5.49. The number of aromatic amines is 1. The lowest BCUT2D eigenvalue weighted by atomic mass is 9.80. The van der Waals surface area contributed by atoms with Gasteiger partial charge in [-0.2, -0.15) is 0 Å². The minimum absolute atomic E-state index is 0. The van der Waals surface area contributed by atoms with Crippen LogP contribution < -0.4 is 4.74 Å². The fourth-order valence-corrected chi connectivity index (χ4v) is 5.49. The average Bonchev–Trinajstić information content (AvgIpc) is 3.20. The monoisotopic (exact) mass is 459 g/mol. The molecule has 0 saturated carbocycles. The van der Waals surface area contributed by atoms with Gasteiger partial charge in [0, 0.05) is 38.0 Å². The number of benzene rings is 2. The third-order valence-electron chi connectivity index (χ3n) is 7.18. The second kappa shape index (κ2) is 8.45. The number of aromatic nitrogens is 2. The Morgan fingerprint density at radius 2 is 1.87 bits per heavy atom. The second-order valence-corrected chi connectivity index (χ2v) is 8.85. The molecule has 3 aromatic rings. The summed E-state index contributed by atoms with van der Waals surface area (Å²) in [5.74, 6) is 0.906. The molecule has 1 saturated heterocycles. The molecular weight excluding hydrogens is 433 g/mol. The van der Waals surface area contributed by atoms with Crippen molar-refractivity contribution in [3.05, 3.63) is 59.4 Å². The van der Waals surface area contributed by atoms with E-state index in [1.54, 1.807) is 6.33 Å². The molecule has 31 heavy (non-hydrogen) atoms. The first kappa shape index (κ1) is 22.1. The summed E-state index contributed by atoms with van der Waals surface area (Å²) in [6.07, 6.45) is 7.51. The van der Waals surface area contributed by atoms with E-state index in [4.69, 9.17) is 4.74 Å². The molecular formula is C24H27Cl2N3O2. The third kappa shape index (κ3) is 3.84. The van der Waals surface area contributed by atoms with Crippen molar-refractivity contribution in [3.63, 3.8) is 0 Å². The molecule has 7 heteroatoms. The fraction of sp³-hybridized carbons (Fsp3) is 0.417. The van der Waals surface area contributed by atoms with Crippen molar-refractivity contribution in [2.24, 2.45) is 0 Å². The number of carbonyl (C=O) groups excluding carboxylic acids is 1. The zero-order valence-corrected chi connectivity index (χ0v) is 18.9. The first-order valence-corrected chi connectivity index (χ1v) is 10.7. The van der Waals surface area contributed by atoms with Gasteiger partial charge in [0.25, 0.3) is 0 Å². The molecule has 1 fully saturated rings. The van der Waals surface area contributed by atoms with E-state index in [0.717, 1.165) is 43.4 Å². The van der Waals surface area contributed by atoms with Crippen LogP contribution in [0.5, 0.6) is 5.75 Å². The summed E-state index contributed by atoms with van der Waals surface area (Å²) in [5.41, 5.74) is 5.11. The molecule has 0 amide bonds. The van der Waals surface area contributed by atoms with Gasteiger partial charge in [-0.25, -0.2) is 4.98 Å². The topological polar surface area (TPSA) is 58.2 Å². The first-order chi connectivity index (χ1) is 14.2. The Bertz CT molecular complexity index is 1110. The van der Waals surface area contributed by atoms with E-state index in [9.17, 15) is 4.79 Å². The molecule has 1 aliphatic carbocycles. The summed E-state index contributed by atoms with van der Waals surface area (Å²) >= 11 is 0. The molecule has 1 aromatic heterocycles. The second-order valence-electron chi connectivity index (χ2n) is 8.85. The van der Waals surface area contributed by atoms with E-state index in [-0.39, 0.29) is 36.2 Å². The first-order valence-electron chi connectivity index (χ1n) is 10.7. The molecule has 6 rings (SSSR count). The van der Waals surface area contributed by atoms with Crippen LogP contribution in [0.1, 0.15) is 47.2 Å². The third-order valence-corrected chi connectivity index (χ3v) is 7.18. The van der Waals surface area contributed by atoms with Crippen molar-refractivity contribution in [2.45, 2.75) is 50.2 Å². The minimum atomic E-state index is -0.350. The van der Waals surface area contributed by atoms with Crippen LogP contribution in [0.4, 0.5) is 0 Å². The van der Waals surface area contributed by atoms with Gasteiger partial charge < -0.3 is 9.72 Å². The molecule has 2 aromatic carbocycles. The number of aryl methyl sites for hydroxylation is 1. The number of hydrogen-bond acceptors (Lipinski definition) is 4. The summed E-state index contributed by atoms with van der Waals surface area (Å²) in [6, 6.07) is 13.3. The SMILES string of the molecule is Cl.Cl.O=C1CC2(CCN(C3CCc4ccccc4C3)CC2)Oc2cc3nc[nH]c3cc21. The van der Waals surface area contributed by atoms with Crippen LogP contribution in [-0.4, -0.2) is 45.4 Å². The van der Waals surface area contributed by atoms with Crippen molar-refractivity contribution >= 4 is 41.6 Å². The molecule has 164 valence electrons. The number of ether oxygens (including phenoxy) is 1. The Morgan fingerprint density at radius 1 is 1.10 bits per heavy atom. The summed E-state index contributed by atoms with van der Waals surface area (Å²) in [4.78, 5) is 23.0. The van der Waals surface area contributed by atoms with Gasteiger partial charge in [-0.1, -0.05) is 24.3 Å². The van der Waals surface area contributed by atoms with E-state index in [1.165, 1.54) is 24.0 Å². The number of likely N-dealkylation sites (tertiary alicyclic amines) is 1. The highest BCUT2D eigenvalue weighted by atomic mass is 35.5. The molecule has 0 bridgehead atoms. The number of carbonyl (C=O) groups is 1. The molecule has 1 N–H and O–H groups in total. The van der Waals surface area contributed by atoms with E-state index >= 15 is 0 Å². The standard InChI is InChI=1S/C24H25N3O2.2ClH/c28-22-14-24(29-23-13-21-20(12-19(22)23)25-15-26-21)7-9-27(10-8-24)18-6-5-16-3-1-2-4-17(16)11-18;;/h1-4,12-13,15,18H,5-11,14H2,(H,25,26);2*1H. The molecule has 2 aliphatic heterocycles. The maximum atomic E-state index is 12.9. The number of halogens is 2. The Morgan fingerprint density at radius 3 is 2.68 bits per heavy atom. The zero-order chi connectivity index (χ0) is 19.4. The van der Waals surface area contributed by atoms with Gasteiger partial charge in [-0.15, -0.1) is 24.8 Å². The van der Waals surface area contributed by atoms with E-state index in [0.29, 0.717) is 23.8 Å². The molecule has 1 atom stereocenters. The number of piperidine rings is 1. The normalized spacial score (nSPS) is 22.1. The van der Waals surface area contributed by atoms with Gasteiger partial charge in [0.15, 0.2) is 5.78 Å². The van der Waals surface area contributed by atoms with E-state index in [2.05, 4.69) is 39.1 Å². The number of hydrogen-bond donors (Lipinski definition) is 1. The summed E-state index contributed by atoms with van der Waals surface area (Å²) in [5, 5.41) is 0. The predicted molar refractivity (Wildman–Crippen MR) is 126 cm³/mol. The number of H-pyrrole nitrogens is 1. The van der Waals surface area contributed by atoms with Crippen molar-refractivity contribution in [3.8, 4) is 5.75 Å². The van der Waals surface area contributed by atoms with Gasteiger partial charge in [-0.3, -0.25) is 9.69 Å². The highest BCUT2D eigenvalue weighted by Gasteiger charge is 2.44. The van der Waals surface area contributed by atoms with Crippen LogP contribution in [-0.2, 0) is 12.8 Å². The van der Waals surface area contributed by atoms with E-state index < -0.39 is 0 Å². The smallest absolute Gasteiger partial charge is 0.170 e. The van der Waals surface area contributed by atoms with Gasteiger partial charge in [0.05, 0.1) is 29.3 Å². The summed E-state index contributed by atoms with van der Waals surface area (Å²) in [7, 11) is 0. The van der Waals surface area contributed by atoms with Crippen molar-refractivity contribution in [2.75, 3.05) is 13.1 Å². The molecule has 5 nitrogen and oxygen atoms in total. The highest BCUT2D eigenvalue weighted by Crippen LogP contribution is 2.41. The number of nitrogens with zero attached hydrogens (tertiary/aromatic N) is 2. The lowest BCUT2D eigenvalue weighted by Crippen LogP contribution is -2.54. The summed E-state index contributed by atoms with van der Waals surface area (Å²) < 4.78 is 6.50. The van der Waals surface area contributed by atoms with Crippen LogP contribution in [0.15, 0.2) is 42.7 Å². The largest absolute Gasteiger partial charge is 0.486 e. The summed E-state index contributed by atoms with van der Waals surface area (Å²) in [6.45, 7) is 2.00. The Kier molecular flexibility index (Phi) is 6.03. The number of rotatable bonds is 1. The molecule has 0 radical (unpaired) electrons. The lowest BCUT2D eigenvalue weighted by molar-refractivity contribution is -0.0199. The maximum absolute atomic E-state index is 12.9. The van der Waals surface area contributed by atoms with Crippen LogP contribution >= 0.6 is 24.8 Å². The average molecular weight is 460 g/mol. The van der Waals surface area contributed by atoms with Crippen LogP contribution in [0.25, 0.3) is 11.0 Å². The van der Waals surface area contributed by atoms with Gasteiger partial charge in [-0.05, 0) is 36.5 Å². The van der Waals surface area contributed by atoms with Crippen molar-refractivity contribution < 1.29 is 9.53 Å². The minimum Gasteiger partial charge on any atom is -0.486 e. The van der Waals surface area contributed by atoms with Crippen LogP contribution in [0, 0.1) is 0 Å². The van der Waals surface area contributed by atoms with Gasteiger partial charge in [0.1, 0.15) is 11.4 Å². The number of nitrogens with one attached hydrogen (secondary N) is 1. The number of Topliss-reactive ketones (excluding diaryl/α,β-unsaturated/α-hetero) is 1. The molecule has 3 aliphatic rings. The van der Waals surface area contributed by atoms with Gasteiger partial charge in [0.2, 0.25) is 0 Å². The Labute approximate surface area is 194 Å². The maximum Gasteiger partial charge on any atom is 0.170 e. The number of fused-ring (bicyclic) bond motifs is 3.